The Balaban J connectivity index is 1.68. The molecule has 4 heterocycles. The van der Waals surface area contributed by atoms with Crippen LogP contribution in [-0.4, -0.2) is 39.8 Å². The summed E-state index contributed by atoms with van der Waals surface area (Å²) < 4.78 is 40.9. The average molecular weight is 404 g/mol. The van der Waals surface area contributed by atoms with Gasteiger partial charge in [-0.05, 0) is 36.6 Å². The summed E-state index contributed by atoms with van der Waals surface area (Å²) >= 11 is 0. The van der Waals surface area contributed by atoms with E-state index in [9.17, 15) is 13.2 Å². The Bertz CT molecular complexity index is 1010. The summed E-state index contributed by atoms with van der Waals surface area (Å²) in [6.45, 7) is 6.78. The minimum Gasteiger partial charge on any atom is -0.369 e. The standard InChI is InChI=1S/C20H23F3N6/c1-12(2)8-19(9-24-10-19)11-26-15-6-5-14(20(21,22)23)17(27-15)16-13-4-3-7-25-18(13)29-28-16/h3-7,12,24H,8-11H2,1-2H3,(H,26,27)(H,25,28,29). The Labute approximate surface area is 166 Å². The molecule has 1 aliphatic heterocycles. The van der Waals surface area contributed by atoms with Crippen LogP contribution < -0.4 is 10.6 Å². The largest absolute Gasteiger partial charge is 0.418 e. The van der Waals surface area contributed by atoms with Gasteiger partial charge in [0, 0.05) is 36.6 Å². The van der Waals surface area contributed by atoms with Gasteiger partial charge in [-0.3, -0.25) is 5.10 Å². The topological polar surface area (TPSA) is 78.5 Å². The second-order valence-electron chi connectivity index (χ2n) is 8.12. The van der Waals surface area contributed by atoms with Gasteiger partial charge in [-0.25, -0.2) is 9.97 Å². The zero-order valence-corrected chi connectivity index (χ0v) is 16.3. The molecule has 9 heteroatoms. The van der Waals surface area contributed by atoms with E-state index in [1.54, 1.807) is 18.3 Å². The number of aromatic nitrogens is 4. The van der Waals surface area contributed by atoms with Crippen molar-refractivity contribution < 1.29 is 13.2 Å². The molecular weight excluding hydrogens is 381 g/mol. The van der Waals surface area contributed by atoms with E-state index in [1.807, 2.05) is 0 Å². The van der Waals surface area contributed by atoms with E-state index in [-0.39, 0.29) is 16.8 Å². The van der Waals surface area contributed by atoms with Gasteiger partial charge >= 0.3 is 6.18 Å². The van der Waals surface area contributed by atoms with Gasteiger partial charge < -0.3 is 10.6 Å². The van der Waals surface area contributed by atoms with Crippen LogP contribution in [-0.2, 0) is 6.18 Å². The molecule has 154 valence electrons. The molecule has 0 bridgehead atoms. The number of H-pyrrole nitrogens is 1. The van der Waals surface area contributed by atoms with Crippen molar-refractivity contribution in [1.82, 2.24) is 25.5 Å². The molecule has 3 aromatic rings. The van der Waals surface area contributed by atoms with Crippen LogP contribution in [0.15, 0.2) is 30.5 Å². The average Bonchev–Trinajstić information content (AvgIpc) is 3.06. The molecule has 3 aromatic heterocycles. The monoisotopic (exact) mass is 404 g/mol. The van der Waals surface area contributed by atoms with Gasteiger partial charge in [0.25, 0.3) is 0 Å². The highest BCUT2D eigenvalue weighted by atomic mass is 19.4. The first-order valence-corrected chi connectivity index (χ1v) is 9.60. The Hall–Kier alpha value is -2.68. The normalized spacial score (nSPS) is 16.2. The van der Waals surface area contributed by atoms with Gasteiger partial charge in [-0.15, -0.1) is 0 Å². The molecule has 0 unspecified atom stereocenters. The lowest BCUT2D eigenvalue weighted by molar-refractivity contribution is -0.137. The van der Waals surface area contributed by atoms with Crippen LogP contribution in [0.4, 0.5) is 19.0 Å². The van der Waals surface area contributed by atoms with E-state index in [0.29, 0.717) is 29.3 Å². The molecule has 1 saturated heterocycles. The maximum absolute atomic E-state index is 13.6. The predicted molar refractivity (Wildman–Crippen MR) is 105 cm³/mol. The number of rotatable bonds is 6. The fourth-order valence-electron chi connectivity index (χ4n) is 3.97. The van der Waals surface area contributed by atoms with Crippen molar-refractivity contribution in [3.05, 3.63) is 36.0 Å². The molecule has 3 N–H and O–H groups in total. The smallest absolute Gasteiger partial charge is 0.369 e. The molecular formula is C20H23F3N6. The van der Waals surface area contributed by atoms with Crippen LogP contribution >= 0.6 is 0 Å². The van der Waals surface area contributed by atoms with Crippen LogP contribution in [0, 0.1) is 11.3 Å². The highest BCUT2D eigenvalue weighted by Gasteiger charge is 2.38. The number of nitrogens with one attached hydrogen (secondary N) is 3. The van der Waals surface area contributed by atoms with Gasteiger partial charge in [0.15, 0.2) is 5.65 Å². The molecule has 0 amide bonds. The zero-order valence-electron chi connectivity index (χ0n) is 16.3. The lowest BCUT2D eigenvalue weighted by atomic mass is 9.75. The summed E-state index contributed by atoms with van der Waals surface area (Å²) in [5.41, 5.74) is -0.353. The third-order valence-corrected chi connectivity index (χ3v) is 5.25. The van der Waals surface area contributed by atoms with Crippen molar-refractivity contribution in [2.75, 3.05) is 25.0 Å². The van der Waals surface area contributed by atoms with E-state index in [1.165, 1.54) is 6.07 Å². The number of halogens is 3. The Kier molecular flexibility index (Phi) is 4.94. The molecule has 4 rings (SSSR count). The number of nitrogens with zero attached hydrogens (tertiary/aromatic N) is 3. The van der Waals surface area contributed by atoms with Gasteiger partial charge in [0.1, 0.15) is 17.2 Å². The molecule has 0 saturated carbocycles. The van der Waals surface area contributed by atoms with Crippen molar-refractivity contribution in [1.29, 1.82) is 0 Å². The SMILES string of the molecule is CC(C)CC1(CNc2ccc(C(F)(F)F)c(-c3n[nH]c4ncccc34)n2)CNC1. The maximum Gasteiger partial charge on any atom is 0.418 e. The zero-order chi connectivity index (χ0) is 20.6. The van der Waals surface area contributed by atoms with E-state index < -0.39 is 11.7 Å². The van der Waals surface area contributed by atoms with E-state index in [0.717, 1.165) is 25.6 Å². The number of anilines is 1. The Morgan fingerprint density at radius 3 is 2.62 bits per heavy atom. The van der Waals surface area contributed by atoms with Gasteiger partial charge in [-0.1, -0.05) is 13.8 Å². The third-order valence-electron chi connectivity index (χ3n) is 5.25. The number of pyridine rings is 2. The fourth-order valence-corrected chi connectivity index (χ4v) is 3.97. The first-order valence-electron chi connectivity index (χ1n) is 9.60. The van der Waals surface area contributed by atoms with Crippen molar-refractivity contribution in [3.63, 3.8) is 0 Å². The minimum absolute atomic E-state index is 0.0989. The summed E-state index contributed by atoms with van der Waals surface area (Å²) in [6, 6.07) is 5.79. The highest BCUT2D eigenvalue weighted by molar-refractivity contribution is 5.90. The lowest BCUT2D eigenvalue weighted by Gasteiger charge is -2.44. The number of hydrogen-bond donors (Lipinski definition) is 3. The summed E-state index contributed by atoms with van der Waals surface area (Å²) in [7, 11) is 0. The summed E-state index contributed by atoms with van der Waals surface area (Å²) in [6.07, 6.45) is -1.94. The van der Waals surface area contributed by atoms with Crippen LogP contribution in [0.25, 0.3) is 22.4 Å². The molecule has 1 aliphatic rings. The molecule has 0 aromatic carbocycles. The van der Waals surface area contributed by atoms with Gasteiger partial charge in [0.2, 0.25) is 0 Å². The first-order chi connectivity index (χ1) is 13.8. The predicted octanol–water partition coefficient (Wildman–Crippen LogP) is 4.09. The lowest BCUT2D eigenvalue weighted by Crippen LogP contribution is -2.57. The molecule has 1 fully saturated rings. The molecule has 0 atom stereocenters. The minimum atomic E-state index is -4.54. The van der Waals surface area contributed by atoms with Crippen LogP contribution in [0.2, 0.25) is 0 Å². The summed E-state index contributed by atoms with van der Waals surface area (Å²) in [5.74, 6) is 0.945. The van der Waals surface area contributed by atoms with Gasteiger partial charge in [-0.2, -0.15) is 18.3 Å². The Morgan fingerprint density at radius 1 is 1.17 bits per heavy atom. The number of hydrogen-bond acceptors (Lipinski definition) is 5. The van der Waals surface area contributed by atoms with Crippen molar-refractivity contribution in [2.45, 2.75) is 26.4 Å². The van der Waals surface area contributed by atoms with E-state index in [2.05, 4.69) is 44.6 Å². The molecule has 0 spiro atoms. The first kappa shape index (κ1) is 19.6. The molecule has 0 aliphatic carbocycles. The maximum atomic E-state index is 13.6. The quantitative estimate of drug-likeness (QED) is 0.577. The third kappa shape index (κ3) is 3.91. The molecule has 29 heavy (non-hydrogen) atoms. The number of fused-ring (bicyclic) bond motifs is 1. The van der Waals surface area contributed by atoms with Crippen LogP contribution in [0.3, 0.4) is 0 Å². The van der Waals surface area contributed by atoms with Gasteiger partial charge in [0.05, 0.1) is 5.56 Å². The fraction of sp³-hybridized carbons (Fsp3) is 0.450. The Morgan fingerprint density at radius 2 is 1.97 bits per heavy atom. The number of aromatic amines is 1. The second kappa shape index (κ2) is 7.29. The number of alkyl halides is 3. The summed E-state index contributed by atoms with van der Waals surface area (Å²) in [5, 5.41) is 13.8. The van der Waals surface area contributed by atoms with E-state index in [4.69, 9.17) is 0 Å². The van der Waals surface area contributed by atoms with Crippen LogP contribution in [0.5, 0.6) is 0 Å². The highest BCUT2D eigenvalue weighted by Crippen LogP contribution is 2.38. The van der Waals surface area contributed by atoms with Crippen molar-refractivity contribution in [3.8, 4) is 11.4 Å². The molecule has 0 radical (unpaired) electrons. The van der Waals surface area contributed by atoms with E-state index >= 15 is 0 Å². The van der Waals surface area contributed by atoms with Crippen molar-refractivity contribution in [2.24, 2.45) is 11.3 Å². The van der Waals surface area contributed by atoms with Crippen molar-refractivity contribution >= 4 is 16.9 Å². The second-order valence-corrected chi connectivity index (χ2v) is 8.12. The molecule has 6 nitrogen and oxygen atoms in total. The van der Waals surface area contributed by atoms with Crippen LogP contribution in [0.1, 0.15) is 25.8 Å². The summed E-state index contributed by atoms with van der Waals surface area (Å²) in [4.78, 5) is 8.42.